The Morgan fingerprint density at radius 1 is 1.33 bits per heavy atom. The van der Waals surface area contributed by atoms with Gasteiger partial charge in [-0.05, 0) is 24.4 Å². The van der Waals surface area contributed by atoms with Gasteiger partial charge in [0.1, 0.15) is 5.69 Å². The van der Waals surface area contributed by atoms with Gasteiger partial charge in [-0.25, -0.2) is 0 Å². The maximum Gasteiger partial charge on any atom is 0.270 e. The number of nitrogens with zero attached hydrogens (tertiary/aromatic N) is 1. The summed E-state index contributed by atoms with van der Waals surface area (Å²) in [7, 11) is 0. The third-order valence-electron chi connectivity index (χ3n) is 3.28. The molecule has 2 aromatic rings. The molecule has 4 nitrogen and oxygen atoms in total. The first-order valence-electron chi connectivity index (χ1n) is 6.20. The van der Waals surface area contributed by atoms with Crippen LogP contribution >= 0.6 is 0 Å². The van der Waals surface area contributed by atoms with Crippen molar-refractivity contribution < 1.29 is 4.79 Å². The van der Waals surface area contributed by atoms with Gasteiger partial charge >= 0.3 is 0 Å². The second kappa shape index (κ2) is 4.74. The minimum absolute atomic E-state index is 0.0829. The molecule has 1 amide bonds. The molecule has 92 valence electrons. The fourth-order valence-corrected chi connectivity index (χ4v) is 2.33. The van der Waals surface area contributed by atoms with Gasteiger partial charge in [0.25, 0.3) is 5.91 Å². The second-order valence-electron chi connectivity index (χ2n) is 4.54. The van der Waals surface area contributed by atoms with E-state index in [4.69, 9.17) is 0 Å². The van der Waals surface area contributed by atoms with Crippen molar-refractivity contribution in [2.24, 2.45) is 0 Å². The fraction of sp³-hybridized carbons (Fsp3) is 0.286. The number of hydrogen-bond acceptors (Lipinski definition) is 3. The van der Waals surface area contributed by atoms with Crippen LogP contribution in [0.4, 0.5) is 0 Å². The smallest absolute Gasteiger partial charge is 0.270 e. The molecule has 4 heteroatoms. The van der Waals surface area contributed by atoms with E-state index in [0.717, 1.165) is 30.3 Å². The maximum absolute atomic E-state index is 12.2. The lowest BCUT2D eigenvalue weighted by molar-refractivity contribution is 0.0937. The molecule has 18 heavy (non-hydrogen) atoms. The van der Waals surface area contributed by atoms with E-state index < -0.39 is 0 Å². The topological polar surface area (TPSA) is 54.0 Å². The van der Waals surface area contributed by atoms with Crippen LogP contribution in [0.15, 0.2) is 36.5 Å². The molecule has 0 bridgehead atoms. The van der Waals surface area contributed by atoms with Crippen LogP contribution in [0.25, 0.3) is 10.8 Å². The summed E-state index contributed by atoms with van der Waals surface area (Å²) in [6.07, 6.45) is 2.67. The largest absolute Gasteiger partial charge is 0.347 e. The first-order chi connectivity index (χ1) is 8.84. The van der Waals surface area contributed by atoms with Crippen LogP contribution in [0.2, 0.25) is 0 Å². The van der Waals surface area contributed by atoms with E-state index in [9.17, 15) is 4.79 Å². The zero-order valence-corrected chi connectivity index (χ0v) is 10.0. The summed E-state index contributed by atoms with van der Waals surface area (Å²) >= 11 is 0. The summed E-state index contributed by atoms with van der Waals surface area (Å²) in [6, 6.07) is 9.96. The van der Waals surface area contributed by atoms with Gasteiger partial charge in [0.05, 0.1) is 0 Å². The molecule has 0 spiro atoms. The minimum Gasteiger partial charge on any atom is -0.347 e. The fourth-order valence-electron chi connectivity index (χ4n) is 2.33. The highest BCUT2D eigenvalue weighted by molar-refractivity contribution is 6.05. The lowest BCUT2D eigenvalue weighted by Gasteiger charge is -2.11. The molecule has 3 rings (SSSR count). The quantitative estimate of drug-likeness (QED) is 0.834. The molecule has 1 saturated heterocycles. The molecule has 0 radical (unpaired) electrons. The van der Waals surface area contributed by atoms with Crippen molar-refractivity contribution in [3.05, 3.63) is 42.2 Å². The number of amides is 1. The molecule has 1 aliphatic rings. The minimum atomic E-state index is -0.0829. The van der Waals surface area contributed by atoms with Crippen molar-refractivity contribution in [2.45, 2.75) is 12.5 Å². The van der Waals surface area contributed by atoms with E-state index in [1.807, 2.05) is 30.3 Å². The Balaban J connectivity index is 1.91. The zero-order valence-electron chi connectivity index (χ0n) is 10.0. The molecular formula is C14H15N3O. The van der Waals surface area contributed by atoms with Crippen LogP contribution in [-0.4, -0.2) is 30.0 Å². The molecule has 2 N–H and O–H groups in total. The third kappa shape index (κ3) is 2.07. The van der Waals surface area contributed by atoms with Gasteiger partial charge in [-0.2, -0.15) is 0 Å². The van der Waals surface area contributed by atoms with Gasteiger partial charge in [-0.15, -0.1) is 0 Å². The van der Waals surface area contributed by atoms with E-state index >= 15 is 0 Å². The number of hydrogen-bond donors (Lipinski definition) is 2. The van der Waals surface area contributed by atoms with Gasteiger partial charge in [-0.1, -0.05) is 24.3 Å². The number of benzene rings is 1. The van der Waals surface area contributed by atoms with Crippen molar-refractivity contribution in [1.29, 1.82) is 0 Å². The van der Waals surface area contributed by atoms with Gasteiger partial charge in [0.15, 0.2) is 0 Å². The third-order valence-corrected chi connectivity index (χ3v) is 3.28. The Hall–Kier alpha value is -1.94. The number of aromatic nitrogens is 1. The van der Waals surface area contributed by atoms with E-state index in [0.29, 0.717) is 5.69 Å². The standard InChI is InChI=1S/C14H15N3O/c18-14(17-11-6-7-15-9-11)13-12-4-2-1-3-10(12)5-8-16-13/h1-5,8,11,15H,6-7,9H2,(H,17,18)/t11-/m1/s1. The average molecular weight is 241 g/mol. The zero-order chi connectivity index (χ0) is 12.4. The number of fused-ring (bicyclic) bond motifs is 1. The summed E-state index contributed by atoms with van der Waals surface area (Å²) in [5.41, 5.74) is 0.514. The molecule has 1 aliphatic heterocycles. The highest BCUT2D eigenvalue weighted by Gasteiger charge is 2.19. The normalized spacial score (nSPS) is 19.0. The van der Waals surface area contributed by atoms with Crippen LogP contribution in [0.3, 0.4) is 0 Å². The van der Waals surface area contributed by atoms with E-state index in [1.165, 1.54) is 0 Å². The Kier molecular flexibility index (Phi) is 2.94. The maximum atomic E-state index is 12.2. The van der Waals surface area contributed by atoms with Crippen molar-refractivity contribution in [1.82, 2.24) is 15.6 Å². The monoisotopic (exact) mass is 241 g/mol. The lowest BCUT2D eigenvalue weighted by Crippen LogP contribution is -2.36. The summed E-state index contributed by atoms with van der Waals surface area (Å²) in [5, 5.41) is 8.20. The van der Waals surface area contributed by atoms with E-state index in [2.05, 4.69) is 15.6 Å². The molecule has 0 saturated carbocycles. The molecule has 0 unspecified atom stereocenters. The molecule has 1 fully saturated rings. The highest BCUT2D eigenvalue weighted by atomic mass is 16.1. The van der Waals surface area contributed by atoms with Crippen LogP contribution in [0, 0.1) is 0 Å². The highest BCUT2D eigenvalue weighted by Crippen LogP contribution is 2.16. The molecular weight excluding hydrogens is 226 g/mol. The molecule has 1 atom stereocenters. The first kappa shape index (κ1) is 11.2. The number of carbonyl (C=O) groups excluding carboxylic acids is 1. The number of rotatable bonds is 2. The molecule has 0 aliphatic carbocycles. The van der Waals surface area contributed by atoms with Gasteiger partial charge in [0, 0.05) is 24.2 Å². The van der Waals surface area contributed by atoms with Crippen molar-refractivity contribution in [3.8, 4) is 0 Å². The summed E-state index contributed by atoms with van der Waals surface area (Å²) in [6.45, 7) is 1.81. The van der Waals surface area contributed by atoms with Crippen molar-refractivity contribution in [2.75, 3.05) is 13.1 Å². The van der Waals surface area contributed by atoms with Gasteiger partial charge in [-0.3, -0.25) is 9.78 Å². The first-order valence-corrected chi connectivity index (χ1v) is 6.20. The van der Waals surface area contributed by atoms with Crippen LogP contribution in [-0.2, 0) is 0 Å². The average Bonchev–Trinajstić information content (AvgIpc) is 2.91. The summed E-state index contributed by atoms with van der Waals surface area (Å²) < 4.78 is 0. The molecule has 2 heterocycles. The Bertz CT molecular complexity index is 571. The lowest BCUT2D eigenvalue weighted by atomic mass is 10.1. The predicted molar refractivity (Wildman–Crippen MR) is 70.5 cm³/mol. The number of carbonyl (C=O) groups is 1. The van der Waals surface area contributed by atoms with Crippen LogP contribution in [0.5, 0.6) is 0 Å². The van der Waals surface area contributed by atoms with E-state index in [1.54, 1.807) is 6.20 Å². The Labute approximate surface area is 105 Å². The Morgan fingerprint density at radius 2 is 2.22 bits per heavy atom. The molecule has 1 aromatic heterocycles. The SMILES string of the molecule is O=C(N[C@@H]1CCNC1)c1nccc2ccccc12. The predicted octanol–water partition coefficient (Wildman–Crippen LogP) is 1.33. The van der Waals surface area contributed by atoms with Crippen molar-refractivity contribution >= 4 is 16.7 Å². The van der Waals surface area contributed by atoms with Gasteiger partial charge < -0.3 is 10.6 Å². The summed E-state index contributed by atoms with van der Waals surface area (Å²) in [4.78, 5) is 16.4. The van der Waals surface area contributed by atoms with Gasteiger partial charge in [0.2, 0.25) is 0 Å². The van der Waals surface area contributed by atoms with Crippen LogP contribution < -0.4 is 10.6 Å². The van der Waals surface area contributed by atoms with Crippen LogP contribution in [0.1, 0.15) is 16.9 Å². The Morgan fingerprint density at radius 3 is 3.06 bits per heavy atom. The molecule has 1 aromatic carbocycles. The number of nitrogens with one attached hydrogen (secondary N) is 2. The summed E-state index contributed by atoms with van der Waals surface area (Å²) in [5.74, 6) is -0.0829. The van der Waals surface area contributed by atoms with E-state index in [-0.39, 0.29) is 11.9 Å². The number of pyridine rings is 1. The second-order valence-corrected chi connectivity index (χ2v) is 4.54. The van der Waals surface area contributed by atoms with Crippen molar-refractivity contribution in [3.63, 3.8) is 0 Å².